The Morgan fingerprint density at radius 1 is 0.759 bits per heavy atom. The summed E-state index contributed by atoms with van der Waals surface area (Å²) in [4.78, 5) is 11.1. The summed E-state index contributed by atoms with van der Waals surface area (Å²) in [7, 11) is 0. The van der Waals surface area contributed by atoms with Gasteiger partial charge in [-0.3, -0.25) is 0 Å². The molecule has 0 spiro atoms. The van der Waals surface area contributed by atoms with Gasteiger partial charge in [0.15, 0.2) is 0 Å². The maximum atomic E-state index is 11.1. The molecule has 1 N–H and O–H groups in total. The first-order valence-corrected chi connectivity index (χ1v) is 10.3. The van der Waals surface area contributed by atoms with Crippen LogP contribution in [0.3, 0.4) is 0 Å². The van der Waals surface area contributed by atoms with E-state index in [-0.39, 0.29) is 10.8 Å². The minimum Gasteiger partial charge on any atom is -0.478 e. The molecule has 148 valence electrons. The maximum Gasteiger partial charge on any atom is 0.335 e. The number of aromatic carboxylic acids is 1. The van der Waals surface area contributed by atoms with E-state index in [0.717, 1.165) is 16.3 Å². The highest BCUT2D eigenvalue weighted by Crippen LogP contribution is 2.46. The molecule has 1 aliphatic carbocycles. The Balaban J connectivity index is 1.66. The Morgan fingerprint density at radius 2 is 1.31 bits per heavy atom. The number of carboxylic acid groups (broad SMARTS) is 1. The average Bonchev–Trinajstić information content (AvgIpc) is 2.69. The van der Waals surface area contributed by atoms with Crippen molar-refractivity contribution in [1.82, 2.24) is 0 Å². The van der Waals surface area contributed by atoms with Gasteiger partial charge in [-0.1, -0.05) is 76.2 Å². The van der Waals surface area contributed by atoms with Gasteiger partial charge < -0.3 is 5.11 Å². The van der Waals surface area contributed by atoms with Crippen LogP contribution in [0.1, 0.15) is 73.1 Å². The van der Waals surface area contributed by atoms with Gasteiger partial charge in [0.1, 0.15) is 0 Å². The second-order valence-electron chi connectivity index (χ2n) is 9.53. The second kappa shape index (κ2) is 6.88. The predicted octanol–water partition coefficient (Wildman–Crippen LogP) is 7.06. The average molecular weight is 385 g/mol. The number of fused-ring (bicyclic) bond motifs is 2. The summed E-state index contributed by atoms with van der Waals surface area (Å²) in [6.07, 6.45) is 6.74. The first kappa shape index (κ1) is 19.4. The van der Waals surface area contributed by atoms with E-state index < -0.39 is 5.97 Å². The van der Waals surface area contributed by atoms with Crippen molar-refractivity contribution < 1.29 is 9.90 Å². The van der Waals surface area contributed by atoms with Crippen molar-refractivity contribution in [2.75, 3.05) is 0 Å². The van der Waals surface area contributed by atoms with Gasteiger partial charge in [-0.05, 0) is 74.9 Å². The molecule has 0 radical (unpaired) electrons. The third-order valence-electron chi connectivity index (χ3n) is 6.46. The SMILES string of the molecule is CC1(C)CCC(C)(C)c2cc(/C=C/c3ccc4cc(C(=O)O)ccc4c3)ccc21. The number of benzene rings is 3. The molecule has 0 unspecified atom stereocenters. The molecule has 0 amide bonds. The van der Waals surface area contributed by atoms with Crippen LogP contribution in [0.2, 0.25) is 0 Å². The van der Waals surface area contributed by atoms with Crippen molar-refractivity contribution in [1.29, 1.82) is 0 Å². The Bertz CT molecular complexity index is 1130. The Morgan fingerprint density at radius 3 is 2.00 bits per heavy atom. The molecule has 2 heteroatoms. The van der Waals surface area contributed by atoms with Gasteiger partial charge in [-0.25, -0.2) is 4.79 Å². The van der Waals surface area contributed by atoms with Crippen LogP contribution < -0.4 is 0 Å². The van der Waals surface area contributed by atoms with E-state index in [4.69, 9.17) is 5.11 Å². The van der Waals surface area contributed by atoms with Crippen LogP contribution in [0, 0.1) is 0 Å². The smallest absolute Gasteiger partial charge is 0.335 e. The first-order chi connectivity index (χ1) is 13.7. The number of carboxylic acids is 1. The zero-order chi connectivity index (χ0) is 20.8. The van der Waals surface area contributed by atoms with Crippen LogP contribution in [0.5, 0.6) is 0 Å². The number of hydrogen-bond acceptors (Lipinski definition) is 1. The van der Waals surface area contributed by atoms with Gasteiger partial charge in [0, 0.05) is 0 Å². The van der Waals surface area contributed by atoms with E-state index in [1.165, 1.54) is 29.5 Å². The molecule has 0 saturated carbocycles. The van der Waals surface area contributed by atoms with Crippen molar-refractivity contribution in [2.45, 2.75) is 51.4 Å². The van der Waals surface area contributed by atoms with Gasteiger partial charge in [0.05, 0.1) is 5.56 Å². The van der Waals surface area contributed by atoms with E-state index in [1.807, 2.05) is 18.2 Å². The van der Waals surface area contributed by atoms with E-state index >= 15 is 0 Å². The fraction of sp³-hybridized carbons (Fsp3) is 0.296. The van der Waals surface area contributed by atoms with Crippen molar-refractivity contribution in [3.05, 3.63) is 82.4 Å². The van der Waals surface area contributed by atoms with Gasteiger partial charge in [-0.15, -0.1) is 0 Å². The van der Waals surface area contributed by atoms with Crippen molar-refractivity contribution in [3.8, 4) is 0 Å². The molecule has 0 heterocycles. The van der Waals surface area contributed by atoms with Gasteiger partial charge in [-0.2, -0.15) is 0 Å². The minimum atomic E-state index is -0.894. The highest BCUT2D eigenvalue weighted by Gasteiger charge is 2.36. The molecule has 4 rings (SSSR count). The molecule has 0 atom stereocenters. The Labute approximate surface area is 172 Å². The summed E-state index contributed by atoms with van der Waals surface area (Å²) < 4.78 is 0. The quantitative estimate of drug-likeness (QED) is 0.491. The maximum absolute atomic E-state index is 11.1. The summed E-state index contributed by atoms with van der Waals surface area (Å²) in [6, 6.07) is 18.3. The van der Waals surface area contributed by atoms with Crippen LogP contribution in [0.4, 0.5) is 0 Å². The fourth-order valence-corrected chi connectivity index (χ4v) is 4.40. The summed E-state index contributed by atoms with van der Waals surface area (Å²) in [6.45, 7) is 9.40. The number of rotatable bonds is 3. The molecule has 2 nitrogen and oxygen atoms in total. The standard InChI is InChI=1S/C27H28O2/c1-26(2)13-14-27(3,4)24-16-19(8-12-23(24)26)6-5-18-7-9-21-17-22(25(28)29)11-10-20(21)15-18/h5-12,15-17H,13-14H2,1-4H3,(H,28,29)/b6-5+. The lowest BCUT2D eigenvalue weighted by Crippen LogP contribution is -2.33. The molecular formula is C27H28O2. The monoisotopic (exact) mass is 384 g/mol. The highest BCUT2D eigenvalue weighted by atomic mass is 16.4. The molecular weight excluding hydrogens is 356 g/mol. The predicted molar refractivity (Wildman–Crippen MR) is 122 cm³/mol. The summed E-state index contributed by atoms with van der Waals surface area (Å²) in [5.74, 6) is -0.894. The van der Waals surface area contributed by atoms with Crippen molar-refractivity contribution in [2.24, 2.45) is 0 Å². The summed E-state index contributed by atoms with van der Waals surface area (Å²) in [5, 5.41) is 11.1. The molecule has 29 heavy (non-hydrogen) atoms. The molecule has 0 saturated heterocycles. The van der Waals surface area contributed by atoms with Crippen LogP contribution in [0.15, 0.2) is 54.6 Å². The Kier molecular flexibility index (Phi) is 4.61. The van der Waals surface area contributed by atoms with Crippen LogP contribution in [-0.2, 0) is 10.8 Å². The number of carbonyl (C=O) groups is 1. The van der Waals surface area contributed by atoms with Crippen molar-refractivity contribution in [3.63, 3.8) is 0 Å². The second-order valence-corrected chi connectivity index (χ2v) is 9.53. The topological polar surface area (TPSA) is 37.3 Å². The normalized spacial score (nSPS) is 17.4. The Hall–Kier alpha value is -2.87. The molecule has 0 aromatic heterocycles. The molecule has 0 aliphatic heterocycles. The summed E-state index contributed by atoms with van der Waals surface area (Å²) >= 11 is 0. The van der Waals surface area contributed by atoms with Gasteiger partial charge >= 0.3 is 5.97 Å². The third kappa shape index (κ3) is 3.72. The van der Waals surface area contributed by atoms with E-state index in [0.29, 0.717) is 5.56 Å². The van der Waals surface area contributed by atoms with Crippen molar-refractivity contribution >= 4 is 28.9 Å². The zero-order valence-corrected chi connectivity index (χ0v) is 17.6. The third-order valence-corrected chi connectivity index (χ3v) is 6.46. The molecule has 0 bridgehead atoms. The molecule has 3 aromatic rings. The van der Waals surface area contributed by atoms with E-state index in [2.05, 4.69) is 64.1 Å². The lowest BCUT2D eigenvalue weighted by Gasteiger charge is -2.42. The zero-order valence-electron chi connectivity index (χ0n) is 17.6. The lowest BCUT2D eigenvalue weighted by molar-refractivity contribution is 0.0697. The lowest BCUT2D eigenvalue weighted by atomic mass is 9.63. The van der Waals surface area contributed by atoms with Crippen LogP contribution in [0.25, 0.3) is 22.9 Å². The first-order valence-electron chi connectivity index (χ1n) is 10.3. The number of hydrogen-bond donors (Lipinski definition) is 1. The van der Waals surface area contributed by atoms with E-state index in [9.17, 15) is 4.79 Å². The largest absolute Gasteiger partial charge is 0.478 e. The van der Waals surface area contributed by atoms with Gasteiger partial charge in [0.2, 0.25) is 0 Å². The fourth-order valence-electron chi connectivity index (χ4n) is 4.40. The summed E-state index contributed by atoms with van der Waals surface area (Å²) in [5.41, 5.74) is 6.04. The van der Waals surface area contributed by atoms with Crippen LogP contribution in [-0.4, -0.2) is 11.1 Å². The highest BCUT2D eigenvalue weighted by molar-refractivity contribution is 5.95. The van der Waals surface area contributed by atoms with Crippen LogP contribution >= 0.6 is 0 Å². The molecule has 0 fully saturated rings. The van der Waals surface area contributed by atoms with E-state index in [1.54, 1.807) is 12.1 Å². The molecule has 3 aromatic carbocycles. The van der Waals surface area contributed by atoms with Gasteiger partial charge in [0.25, 0.3) is 0 Å². The molecule has 1 aliphatic rings. The minimum absolute atomic E-state index is 0.208.